The quantitative estimate of drug-likeness (QED) is 0.689. The van der Waals surface area contributed by atoms with Crippen LogP contribution in [0.4, 0.5) is 4.39 Å². The van der Waals surface area contributed by atoms with Crippen molar-refractivity contribution in [2.45, 2.75) is 13.1 Å². The van der Waals surface area contributed by atoms with Crippen molar-refractivity contribution in [3.8, 4) is 0 Å². The van der Waals surface area contributed by atoms with E-state index in [-0.39, 0.29) is 10.9 Å². The Morgan fingerprint density at radius 2 is 1.91 bits per heavy atom. The molecule has 0 saturated carbocycles. The van der Waals surface area contributed by atoms with E-state index < -0.39 is 5.82 Å². The summed E-state index contributed by atoms with van der Waals surface area (Å²) in [6, 6.07) is 10.4. The van der Waals surface area contributed by atoms with Gasteiger partial charge in [0.2, 0.25) is 0 Å². The largest absolute Gasteiger partial charge is 0.358 e. The van der Waals surface area contributed by atoms with Gasteiger partial charge in [-0.25, -0.2) is 4.39 Å². The molecular weight excluding hydrogens is 383 g/mol. The maximum absolute atomic E-state index is 13.8. The molecule has 3 rings (SSSR count). The van der Waals surface area contributed by atoms with Gasteiger partial charge in [0.15, 0.2) is 5.43 Å². The van der Waals surface area contributed by atoms with Crippen LogP contribution in [0.5, 0.6) is 0 Å². The highest BCUT2D eigenvalue weighted by Gasteiger charge is 2.09. The number of rotatable bonds is 4. The number of hydrogen-bond acceptors (Lipinski definition) is 2. The molecule has 2 aromatic carbocycles. The number of aromatic nitrogens is 1. The third-order valence-electron chi connectivity index (χ3n) is 3.54. The highest BCUT2D eigenvalue weighted by molar-refractivity contribution is 9.10. The zero-order chi connectivity index (χ0) is 16.4. The predicted molar refractivity (Wildman–Crippen MR) is 94.2 cm³/mol. The number of pyridine rings is 1. The Morgan fingerprint density at radius 3 is 2.65 bits per heavy atom. The maximum atomic E-state index is 13.8. The lowest BCUT2D eigenvalue weighted by Crippen LogP contribution is -2.20. The Labute approximate surface area is 145 Å². The summed E-state index contributed by atoms with van der Waals surface area (Å²) in [5, 5.41) is 4.23. The van der Waals surface area contributed by atoms with Crippen molar-refractivity contribution in [3.63, 3.8) is 0 Å². The van der Waals surface area contributed by atoms with Crippen molar-refractivity contribution < 1.29 is 4.39 Å². The van der Waals surface area contributed by atoms with Gasteiger partial charge in [0, 0.05) is 39.7 Å². The van der Waals surface area contributed by atoms with Crippen molar-refractivity contribution in [3.05, 3.63) is 79.3 Å². The first-order valence-corrected chi connectivity index (χ1v) is 8.16. The monoisotopic (exact) mass is 394 g/mol. The number of fused-ring (bicyclic) bond motifs is 1. The summed E-state index contributed by atoms with van der Waals surface area (Å²) in [5.41, 5.74) is 1.67. The molecule has 0 fully saturated rings. The molecule has 2 N–H and O–H groups in total. The molecule has 23 heavy (non-hydrogen) atoms. The summed E-state index contributed by atoms with van der Waals surface area (Å²) in [5.74, 6) is -0.452. The minimum atomic E-state index is -0.452. The minimum Gasteiger partial charge on any atom is -0.358 e. The highest BCUT2D eigenvalue weighted by atomic mass is 79.9. The fraction of sp³-hybridized carbons (Fsp3) is 0.118. The average molecular weight is 396 g/mol. The number of hydrogen-bond donors (Lipinski definition) is 2. The normalized spacial score (nSPS) is 11.1. The molecule has 0 aliphatic heterocycles. The van der Waals surface area contributed by atoms with Crippen LogP contribution in [0.2, 0.25) is 5.02 Å². The van der Waals surface area contributed by atoms with Gasteiger partial charge >= 0.3 is 0 Å². The summed E-state index contributed by atoms with van der Waals surface area (Å²) in [7, 11) is 0. The van der Waals surface area contributed by atoms with Gasteiger partial charge in [-0.1, -0.05) is 39.7 Å². The van der Waals surface area contributed by atoms with E-state index in [0.29, 0.717) is 33.5 Å². The number of benzene rings is 2. The van der Waals surface area contributed by atoms with E-state index in [4.69, 9.17) is 11.6 Å². The molecule has 3 aromatic rings. The second-order valence-electron chi connectivity index (χ2n) is 5.18. The van der Waals surface area contributed by atoms with Gasteiger partial charge in [-0.3, -0.25) is 4.79 Å². The van der Waals surface area contributed by atoms with Crippen LogP contribution in [-0.4, -0.2) is 4.98 Å². The first-order valence-electron chi connectivity index (χ1n) is 6.99. The summed E-state index contributed by atoms with van der Waals surface area (Å²) < 4.78 is 14.4. The smallest absolute Gasteiger partial charge is 0.194 e. The Hall–Kier alpha value is -1.69. The summed E-state index contributed by atoms with van der Waals surface area (Å²) in [6.45, 7) is 1.00. The van der Waals surface area contributed by atoms with Crippen molar-refractivity contribution in [1.29, 1.82) is 0 Å². The Morgan fingerprint density at radius 1 is 1.17 bits per heavy atom. The second-order valence-corrected chi connectivity index (χ2v) is 6.54. The van der Waals surface area contributed by atoms with E-state index >= 15 is 0 Å². The van der Waals surface area contributed by atoms with Crippen LogP contribution in [0.25, 0.3) is 10.9 Å². The standard InChI is InChI=1S/C17H13BrClFN2O/c18-12-5-14-16(15(20)6-12)22-9-11(17(14)23)8-21-7-10-1-3-13(19)4-2-10/h1-6,9,21H,7-8H2,(H,22,23). The molecule has 0 saturated heterocycles. The molecule has 0 atom stereocenters. The molecule has 6 heteroatoms. The molecule has 0 aliphatic rings. The summed E-state index contributed by atoms with van der Waals surface area (Å²) in [4.78, 5) is 15.3. The van der Waals surface area contributed by atoms with E-state index in [1.807, 2.05) is 24.3 Å². The van der Waals surface area contributed by atoms with Crippen LogP contribution >= 0.6 is 27.5 Å². The lowest BCUT2D eigenvalue weighted by atomic mass is 10.1. The number of halogens is 3. The molecule has 0 bridgehead atoms. The topological polar surface area (TPSA) is 44.9 Å². The summed E-state index contributed by atoms with van der Waals surface area (Å²) in [6.07, 6.45) is 1.55. The molecule has 0 aliphatic carbocycles. The minimum absolute atomic E-state index is 0.178. The number of aromatic amines is 1. The molecule has 1 heterocycles. The van der Waals surface area contributed by atoms with Crippen molar-refractivity contribution in [1.82, 2.24) is 10.3 Å². The van der Waals surface area contributed by atoms with E-state index in [0.717, 1.165) is 5.56 Å². The lowest BCUT2D eigenvalue weighted by molar-refractivity contribution is 0.635. The fourth-order valence-electron chi connectivity index (χ4n) is 2.37. The van der Waals surface area contributed by atoms with Gasteiger partial charge in [0.25, 0.3) is 0 Å². The van der Waals surface area contributed by atoms with E-state index in [1.54, 1.807) is 12.3 Å². The SMILES string of the molecule is O=c1c(CNCc2ccc(Cl)cc2)c[nH]c2c(F)cc(Br)cc12. The van der Waals surface area contributed by atoms with Gasteiger partial charge in [-0.05, 0) is 29.8 Å². The molecule has 0 amide bonds. The first kappa shape index (κ1) is 16.2. The van der Waals surface area contributed by atoms with E-state index in [9.17, 15) is 9.18 Å². The zero-order valence-corrected chi connectivity index (χ0v) is 14.3. The third-order valence-corrected chi connectivity index (χ3v) is 4.25. The molecule has 1 aromatic heterocycles. The average Bonchev–Trinajstić information content (AvgIpc) is 2.52. The molecular formula is C17H13BrClFN2O. The third kappa shape index (κ3) is 3.63. The lowest BCUT2D eigenvalue weighted by Gasteiger charge is -2.07. The predicted octanol–water partition coefficient (Wildman–Crippen LogP) is 4.37. The molecule has 0 spiro atoms. The Balaban J connectivity index is 1.79. The highest BCUT2D eigenvalue weighted by Crippen LogP contribution is 2.19. The van der Waals surface area contributed by atoms with Gasteiger partial charge in [0.05, 0.1) is 5.52 Å². The summed E-state index contributed by atoms with van der Waals surface area (Å²) >= 11 is 9.05. The van der Waals surface area contributed by atoms with Crippen molar-refractivity contribution in [2.75, 3.05) is 0 Å². The van der Waals surface area contributed by atoms with Crippen LogP contribution < -0.4 is 10.7 Å². The van der Waals surface area contributed by atoms with Crippen molar-refractivity contribution in [2.24, 2.45) is 0 Å². The molecule has 118 valence electrons. The number of nitrogens with one attached hydrogen (secondary N) is 2. The number of H-pyrrole nitrogens is 1. The van der Waals surface area contributed by atoms with Crippen LogP contribution in [0.3, 0.4) is 0 Å². The first-order chi connectivity index (χ1) is 11.0. The van der Waals surface area contributed by atoms with E-state index in [1.165, 1.54) is 6.07 Å². The van der Waals surface area contributed by atoms with Gasteiger partial charge < -0.3 is 10.3 Å². The van der Waals surface area contributed by atoms with Gasteiger partial charge in [0.1, 0.15) is 5.82 Å². The maximum Gasteiger partial charge on any atom is 0.194 e. The van der Waals surface area contributed by atoms with Gasteiger partial charge in [-0.2, -0.15) is 0 Å². The second kappa shape index (κ2) is 6.83. The zero-order valence-electron chi connectivity index (χ0n) is 12.0. The fourth-order valence-corrected chi connectivity index (χ4v) is 2.93. The van der Waals surface area contributed by atoms with Crippen LogP contribution in [-0.2, 0) is 13.1 Å². The van der Waals surface area contributed by atoms with Crippen LogP contribution in [0, 0.1) is 5.82 Å². The van der Waals surface area contributed by atoms with Crippen LogP contribution in [0.1, 0.15) is 11.1 Å². The molecule has 0 unspecified atom stereocenters. The Bertz CT molecular complexity index is 909. The van der Waals surface area contributed by atoms with Crippen molar-refractivity contribution >= 4 is 38.4 Å². The van der Waals surface area contributed by atoms with Crippen LogP contribution in [0.15, 0.2) is 51.9 Å². The molecule has 0 radical (unpaired) electrons. The Kier molecular flexibility index (Phi) is 4.80. The van der Waals surface area contributed by atoms with Gasteiger partial charge in [-0.15, -0.1) is 0 Å². The molecule has 3 nitrogen and oxygen atoms in total. The van der Waals surface area contributed by atoms with E-state index in [2.05, 4.69) is 26.2 Å².